The number of carbonyl (C=O) groups excluding carboxylic acids is 3. The van der Waals surface area contributed by atoms with Gasteiger partial charge in [-0.2, -0.15) is 0 Å². The molecule has 0 radical (unpaired) electrons. The van der Waals surface area contributed by atoms with Crippen LogP contribution in [0.5, 0.6) is 17.2 Å². The van der Waals surface area contributed by atoms with Crippen molar-refractivity contribution in [2.24, 2.45) is 0 Å². The number of hydrogen-bond donors (Lipinski definition) is 3. The Hall–Kier alpha value is -6.98. The smallest absolute Gasteiger partial charge is 0.272 e. The Kier molecular flexibility index (Phi) is 12.1. The van der Waals surface area contributed by atoms with Crippen molar-refractivity contribution < 1.29 is 28.6 Å². The van der Waals surface area contributed by atoms with Crippen molar-refractivity contribution in [1.29, 1.82) is 0 Å². The topological polar surface area (TPSA) is 120 Å². The van der Waals surface area contributed by atoms with Gasteiger partial charge in [-0.05, 0) is 79.2 Å². The van der Waals surface area contributed by atoms with E-state index in [1.807, 2.05) is 60.7 Å². The molecule has 11 heteroatoms. The minimum Gasteiger partial charge on any atom is -0.496 e. The molecule has 0 saturated carbocycles. The molecule has 0 aliphatic carbocycles. The number of rotatable bonds is 14. The van der Waals surface area contributed by atoms with E-state index in [-0.39, 0.29) is 11.6 Å². The maximum Gasteiger partial charge on any atom is 0.272 e. The predicted molar refractivity (Wildman–Crippen MR) is 232 cm³/mol. The summed E-state index contributed by atoms with van der Waals surface area (Å²) in [6.45, 7) is 2.95. The number of nitrogens with one attached hydrogen (secondary N) is 3. The molecule has 0 saturated heterocycles. The van der Waals surface area contributed by atoms with Gasteiger partial charge in [-0.15, -0.1) is 11.8 Å². The molecule has 7 rings (SSSR count). The molecule has 3 amide bonds. The van der Waals surface area contributed by atoms with E-state index in [9.17, 15) is 14.4 Å². The molecule has 292 valence electrons. The number of methoxy groups -OCH3 is 3. The lowest BCUT2D eigenvalue weighted by atomic mass is 10.1. The molecule has 7 aromatic rings. The first-order valence-corrected chi connectivity index (χ1v) is 19.5. The summed E-state index contributed by atoms with van der Waals surface area (Å²) >= 11 is 1.36. The quantitative estimate of drug-likeness (QED) is 0.0742. The second-order valence-corrected chi connectivity index (χ2v) is 14.4. The summed E-state index contributed by atoms with van der Waals surface area (Å²) in [6.07, 6.45) is 1.52. The standard InChI is InChI=1S/C47H42N4O6S/c1-5-51-39-22-13-12-21-36(39)37-28-34(23-24-40(37)51)49-47(54)44(30-15-8-6-9-16-30)58-35-20-14-19-33(27-35)48-46(53)38(50-45(52)31-17-10-7-11-18-31)25-32-26-42(56-3)43(57-4)29-41(32)55-2/h6-29,44H,5H2,1-4H3,(H,48,53)(H,49,54)(H,50,52)/b38-25+. The largest absolute Gasteiger partial charge is 0.496 e. The number of carbonyl (C=O) groups is 3. The van der Waals surface area contributed by atoms with Crippen molar-refractivity contribution in [3.63, 3.8) is 0 Å². The van der Waals surface area contributed by atoms with Crippen LogP contribution in [-0.4, -0.2) is 43.6 Å². The number of anilines is 2. The summed E-state index contributed by atoms with van der Waals surface area (Å²) in [4.78, 5) is 42.4. The zero-order chi connectivity index (χ0) is 40.6. The highest BCUT2D eigenvalue weighted by Gasteiger charge is 2.24. The van der Waals surface area contributed by atoms with E-state index in [1.54, 1.807) is 60.7 Å². The molecule has 3 N–H and O–H groups in total. The Bertz CT molecular complexity index is 2640. The Morgan fingerprint density at radius 3 is 2.03 bits per heavy atom. The third-order valence-electron chi connectivity index (χ3n) is 9.61. The van der Waals surface area contributed by atoms with E-state index in [4.69, 9.17) is 14.2 Å². The van der Waals surface area contributed by atoms with Crippen molar-refractivity contribution in [1.82, 2.24) is 9.88 Å². The van der Waals surface area contributed by atoms with Crippen molar-refractivity contribution >= 4 is 68.7 Å². The highest BCUT2D eigenvalue weighted by molar-refractivity contribution is 8.00. The van der Waals surface area contributed by atoms with Crippen molar-refractivity contribution in [2.45, 2.75) is 23.6 Å². The van der Waals surface area contributed by atoms with E-state index in [2.05, 4.69) is 45.6 Å². The Morgan fingerprint density at radius 2 is 1.31 bits per heavy atom. The Balaban J connectivity index is 1.16. The normalized spacial score (nSPS) is 11.8. The van der Waals surface area contributed by atoms with Gasteiger partial charge in [-0.25, -0.2) is 0 Å². The minimum absolute atomic E-state index is 0.0435. The Labute approximate surface area is 340 Å². The van der Waals surface area contributed by atoms with E-state index in [0.717, 1.165) is 38.8 Å². The fourth-order valence-corrected chi connectivity index (χ4v) is 7.91. The zero-order valence-electron chi connectivity index (χ0n) is 32.4. The molecule has 0 bridgehead atoms. The van der Waals surface area contributed by atoms with Gasteiger partial charge in [-0.3, -0.25) is 14.4 Å². The first kappa shape index (κ1) is 39.3. The number of benzene rings is 6. The summed E-state index contributed by atoms with van der Waals surface area (Å²) in [5.74, 6) is -0.00246. The third-order valence-corrected chi connectivity index (χ3v) is 10.9. The highest BCUT2D eigenvalue weighted by atomic mass is 32.2. The van der Waals surface area contributed by atoms with Crippen LogP contribution in [0, 0.1) is 0 Å². The number of aromatic nitrogens is 1. The minimum atomic E-state index is -0.627. The third kappa shape index (κ3) is 8.54. The summed E-state index contributed by atoms with van der Waals surface area (Å²) < 4.78 is 18.8. The summed E-state index contributed by atoms with van der Waals surface area (Å²) in [7, 11) is 4.52. The molecule has 0 spiro atoms. The van der Waals surface area contributed by atoms with E-state index >= 15 is 0 Å². The monoisotopic (exact) mass is 790 g/mol. The fourth-order valence-electron chi connectivity index (χ4n) is 6.83. The van der Waals surface area contributed by atoms with E-state index in [0.29, 0.717) is 39.8 Å². The molecule has 6 aromatic carbocycles. The second-order valence-electron chi connectivity index (χ2n) is 13.2. The van der Waals surface area contributed by atoms with E-state index < -0.39 is 17.1 Å². The summed E-state index contributed by atoms with van der Waals surface area (Å²) in [5.41, 5.74) is 5.02. The molecule has 0 fully saturated rings. The van der Waals surface area contributed by atoms with Crippen LogP contribution < -0.4 is 30.2 Å². The molecule has 1 atom stereocenters. The van der Waals surface area contributed by atoms with Crippen LogP contribution in [0.15, 0.2) is 150 Å². The molecular weight excluding hydrogens is 749 g/mol. The van der Waals surface area contributed by atoms with Gasteiger partial charge < -0.3 is 34.7 Å². The number of para-hydroxylation sites is 1. The van der Waals surface area contributed by atoms with Gasteiger partial charge in [0.1, 0.15) is 16.7 Å². The lowest BCUT2D eigenvalue weighted by Gasteiger charge is -2.18. The van der Waals surface area contributed by atoms with Crippen LogP contribution in [0.1, 0.15) is 33.7 Å². The summed E-state index contributed by atoms with van der Waals surface area (Å²) in [6, 6.07) is 43.0. The van der Waals surface area contributed by atoms with Gasteiger partial charge >= 0.3 is 0 Å². The molecule has 58 heavy (non-hydrogen) atoms. The maximum atomic E-state index is 14.2. The fraction of sp³-hybridized carbons (Fsp3) is 0.128. The van der Waals surface area contributed by atoms with Crippen molar-refractivity contribution in [3.05, 3.63) is 162 Å². The van der Waals surface area contributed by atoms with Crippen LogP contribution in [0.3, 0.4) is 0 Å². The number of thioether (sulfide) groups is 1. The van der Waals surface area contributed by atoms with Gasteiger partial charge in [0.15, 0.2) is 11.5 Å². The maximum absolute atomic E-state index is 14.2. The van der Waals surface area contributed by atoms with Crippen LogP contribution in [0.25, 0.3) is 27.9 Å². The molecule has 1 aromatic heterocycles. The number of fused-ring (bicyclic) bond motifs is 3. The summed E-state index contributed by atoms with van der Waals surface area (Å²) in [5, 5.41) is 10.5. The molecule has 1 unspecified atom stereocenters. The van der Waals surface area contributed by atoms with Gasteiger partial charge in [0.05, 0.1) is 21.3 Å². The van der Waals surface area contributed by atoms with Crippen molar-refractivity contribution in [3.8, 4) is 17.2 Å². The molecular formula is C47H42N4O6S. The average Bonchev–Trinajstić information content (AvgIpc) is 3.58. The van der Waals surface area contributed by atoms with Gasteiger partial charge in [0.25, 0.3) is 11.8 Å². The van der Waals surface area contributed by atoms with Crippen LogP contribution >= 0.6 is 11.8 Å². The lowest BCUT2D eigenvalue weighted by Crippen LogP contribution is -2.30. The molecule has 0 aliphatic heterocycles. The van der Waals surface area contributed by atoms with Crippen molar-refractivity contribution in [2.75, 3.05) is 32.0 Å². The van der Waals surface area contributed by atoms with Crippen LogP contribution in [0.2, 0.25) is 0 Å². The average molecular weight is 791 g/mol. The number of nitrogens with zero attached hydrogens (tertiary/aromatic N) is 1. The second kappa shape index (κ2) is 17.9. The number of amides is 3. The zero-order valence-corrected chi connectivity index (χ0v) is 33.3. The van der Waals surface area contributed by atoms with Gasteiger partial charge in [-0.1, -0.05) is 72.8 Å². The lowest BCUT2D eigenvalue weighted by molar-refractivity contribution is -0.116. The molecule has 1 heterocycles. The molecule has 10 nitrogen and oxygen atoms in total. The first-order valence-electron chi connectivity index (χ1n) is 18.6. The van der Waals surface area contributed by atoms with Gasteiger partial charge in [0, 0.05) is 61.8 Å². The van der Waals surface area contributed by atoms with Gasteiger partial charge in [0.2, 0.25) is 5.91 Å². The number of hydrogen-bond acceptors (Lipinski definition) is 7. The Morgan fingerprint density at radius 1 is 0.655 bits per heavy atom. The molecule has 0 aliphatic rings. The number of aryl methyl sites for hydroxylation is 1. The predicted octanol–water partition coefficient (Wildman–Crippen LogP) is 9.72. The van der Waals surface area contributed by atoms with Crippen LogP contribution in [-0.2, 0) is 16.1 Å². The van der Waals surface area contributed by atoms with E-state index in [1.165, 1.54) is 39.2 Å². The number of ether oxygens (including phenoxy) is 3. The first-order chi connectivity index (χ1) is 28.3. The van der Waals surface area contributed by atoms with Crippen LogP contribution in [0.4, 0.5) is 11.4 Å². The highest BCUT2D eigenvalue weighted by Crippen LogP contribution is 2.39. The SMILES string of the molecule is CCn1c2ccccc2c2cc(NC(=O)C(Sc3cccc(NC(=O)/C(=C\c4cc(OC)c(OC)cc4OC)NC(=O)c4ccccc4)c3)c3ccccc3)ccc21.